The summed E-state index contributed by atoms with van der Waals surface area (Å²) < 4.78 is 5.60. The van der Waals surface area contributed by atoms with E-state index in [-0.39, 0.29) is 6.10 Å². The van der Waals surface area contributed by atoms with Crippen molar-refractivity contribution < 1.29 is 4.74 Å². The van der Waals surface area contributed by atoms with E-state index in [0.717, 1.165) is 6.42 Å². The molecule has 1 rings (SSSR count). The normalized spacial score (nSPS) is 12.2. The van der Waals surface area contributed by atoms with Crippen molar-refractivity contribution >= 4 is 11.6 Å². The van der Waals surface area contributed by atoms with Crippen LogP contribution in [0.25, 0.3) is 0 Å². The molecule has 0 radical (unpaired) electrons. The summed E-state index contributed by atoms with van der Waals surface area (Å²) in [5.74, 6) is 0.891. The molecule has 3 nitrogen and oxygen atoms in total. The van der Waals surface area contributed by atoms with Gasteiger partial charge in [-0.25, -0.2) is 4.98 Å². The van der Waals surface area contributed by atoms with Gasteiger partial charge in [-0.2, -0.15) is 5.26 Å². The number of nitrogens with zero attached hydrogens (tertiary/aromatic N) is 2. The van der Waals surface area contributed by atoms with Gasteiger partial charge in [0.25, 0.3) is 0 Å². The van der Waals surface area contributed by atoms with E-state index < -0.39 is 0 Å². The van der Waals surface area contributed by atoms with Crippen LogP contribution < -0.4 is 4.74 Å². The molecule has 1 aromatic heterocycles. The molecule has 0 aliphatic rings. The molecule has 16 heavy (non-hydrogen) atoms. The van der Waals surface area contributed by atoms with E-state index in [1.54, 1.807) is 6.07 Å². The maximum absolute atomic E-state index is 8.80. The SMILES string of the molecule is CC(C)CC(C)Oc1nccc(C#N)c1Cl. The van der Waals surface area contributed by atoms with Gasteiger partial charge in [-0.05, 0) is 25.3 Å². The summed E-state index contributed by atoms with van der Waals surface area (Å²) in [5, 5.41) is 9.10. The average Bonchev–Trinajstić information content (AvgIpc) is 2.20. The van der Waals surface area contributed by atoms with E-state index in [4.69, 9.17) is 21.6 Å². The summed E-state index contributed by atoms with van der Waals surface area (Å²) in [6.07, 6.45) is 2.50. The Morgan fingerprint density at radius 3 is 2.75 bits per heavy atom. The Morgan fingerprint density at radius 1 is 1.50 bits per heavy atom. The number of ether oxygens (including phenoxy) is 1. The van der Waals surface area contributed by atoms with Crippen molar-refractivity contribution in [1.82, 2.24) is 4.98 Å². The number of rotatable bonds is 4. The van der Waals surface area contributed by atoms with E-state index in [2.05, 4.69) is 18.8 Å². The molecule has 0 aliphatic carbocycles. The molecule has 1 aromatic rings. The molecule has 0 amide bonds. The third-order valence-corrected chi connectivity index (χ3v) is 2.46. The molecule has 0 N–H and O–H groups in total. The standard InChI is InChI=1S/C12H15ClN2O/c1-8(2)6-9(3)16-12-11(13)10(7-14)4-5-15-12/h4-5,8-9H,6H2,1-3H3. The molecule has 0 spiro atoms. The van der Waals surface area contributed by atoms with Crippen molar-refractivity contribution in [2.24, 2.45) is 5.92 Å². The third kappa shape index (κ3) is 3.39. The zero-order chi connectivity index (χ0) is 12.1. The predicted molar refractivity (Wildman–Crippen MR) is 63.5 cm³/mol. The highest BCUT2D eigenvalue weighted by molar-refractivity contribution is 6.32. The maximum Gasteiger partial charge on any atom is 0.234 e. The van der Waals surface area contributed by atoms with Crippen molar-refractivity contribution in [3.63, 3.8) is 0 Å². The van der Waals surface area contributed by atoms with Crippen LogP contribution in [0.3, 0.4) is 0 Å². The van der Waals surface area contributed by atoms with Crippen LogP contribution in [0.2, 0.25) is 5.02 Å². The van der Waals surface area contributed by atoms with Crippen LogP contribution in [-0.2, 0) is 0 Å². The minimum atomic E-state index is 0.0407. The maximum atomic E-state index is 8.80. The molecule has 1 unspecified atom stereocenters. The van der Waals surface area contributed by atoms with Gasteiger partial charge >= 0.3 is 0 Å². The third-order valence-electron chi connectivity index (χ3n) is 2.09. The van der Waals surface area contributed by atoms with E-state index >= 15 is 0 Å². The molecule has 0 aromatic carbocycles. The monoisotopic (exact) mass is 238 g/mol. The smallest absolute Gasteiger partial charge is 0.234 e. The molecule has 4 heteroatoms. The molecule has 0 aliphatic heterocycles. The van der Waals surface area contributed by atoms with Gasteiger partial charge in [0, 0.05) is 6.20 Å². The second-order valence-corrected chi connectivity index (χ2v) is 4.53. The van der Waals surface area contributed by atoms with Crippen molar-refractivity contribution in [2.45, 2.75) is 33.3 Å². The summed E-state index contributed by atoms with van der Waals surface area (Å²) in [6.45, 7) is 6.22. The van der Waals surface area contributed by atoms with Crippen LogP contribution in [0.15, 0.2) is 12.3 Å². The van der Waals surface area contributed by atoms with Crippen LogP contribution in [0, 0.1) is 17.2 Å². The Bertz CT molecular complexity index is 398. The second kappa shape index (κ2) is 5.72. The second-order valence-electron chi connectivity index (χ2n) is 4.15. The minimum absolute atomic E-state index is 0.0407. The number of halogens is 1. The zero-order valence-corrected chi connectivity index (χ0v) is 10.5. The largest absolute Gasteiger partial charge is 0.474 e. The Morgan fingerprint density at radius 2 is 2.19 bits per heavy atom. The summed E-state index contributed by atoms with van der Waals surface area (Å²) >= 11 is 5.98. The molecular formula is C12H15ClN2O. The number of hydrogen-bond acceptors (Lipinski definition) is 3. The lowest BCUT2D eigenvalue weighted by Crippen LogP contribution is -2.15. The number of nitriles is 1. The predicted octanol–water partition coefficient (Wildman–Crippen LogP) is 3.42. The molecule has 86 valence electrons. The van der Waals surface area contributed by atoms with Crippen LogP contribution in [0.1, 0.15) is 32.8 Å². The Kier molecular flexibility index (Phi) is 4.57. The molecule has 0 bridgehead atoms. The van der Waals surface area contributed by atoms with E-state index in [1.165, 1.54) is 6.20 Å². The summed E-state index contributed by atoms with van der Waals surface area (Å²) in [4.78, 5) is 4.03. The first kappa shape index (κ1) is 12.8. The summed E-state index contributed by atoms with van der Waals surface area (Å²) in [7, 11) is 0. The lowest BCUT2D eigenvalue weighted by Gasteiger charge is -2.16. The summed E-state index contributed by atoms with van der Waals surface area (Å²) in [6, 6.07) is 3.57. The Labute approximate surface area is 101 Å². The Hall–Kier alpha value is -1.27. The first-order chi connectivity index (χ1) is 7.54. The Balaban J connectivity index is 2.78. The zero-order valence-electron chi connectivity index (χ0n) is 9.70. The molecule has 0 saturated heterocycles. The van der Waals surface area contributed by atoms with Crippen LogP contribution in [0.5, 0.6) is 5.88 Å². The highest BCUT2D eigenvalue weighted by Crippen LogP contribution is 2.26. The molecule has 0 saturated carbocycles. The minimum Gasteiger partial charge on any atom is -0.474 e. The average molecular weight is 239 g/mol. The van der Waals surface area contributed by atoms with Crippen LogP contribution in [-0.4, -0.2) is 11.1 Å². The van der Waals surface area contributed by atoms with Gasteiger partial charge in [-0.3, -0.25) is 0 Å². The first-order valence-corrected chi connectivity index (χ1v) is 5.63. The van der Waals surface area contributed by atoms with E-state index in [1.807, 2.05) is 13.0 Å². The molecule has 1 atom stereocenters. The van der Waals surface area contributed by atoms with E-state index in [9.17, 15) is 0 Å². The number of pyridine rings is 1. The molecular weight excluding hydrogens is 224 g/mol. The lowest BCUT2D eigenvalue weighted by atomic mass is 10.1. The highest BCUT2D eigenvalue weighted by Gasteiger charge is 2.12. The quantitative estimate of drug-likeness (QED) is 0.808. The highest BCUT2D eigenvalue weighted by atomic mass is 35.5. The van der Waals surface area contributed by atoms with Gasteiger partial charge < -0.3 is 4.74 Å². The number of aromatic nitrogens is 1. The van der Waals surface area contributed by atoms with Crippen LogP contribution >= 0.6 is 11.6 Å². The fourth-order valence-corrected chi connectivity index (χ4v) is 1.69. The van der Waals surface area contributed by atoms with Gasteiger partial charge in [-0.1, -0.05) is 25.4 Å². The van der Waals surface area contributed by atoms with Crippen molar-refractivity contribution in [1.29, 1.82) is 5.26 Å². The fourth-order valence-electron chi connectivity index (χ4n) is 1.50. The lowest BCUT2D eigenvalue weighted by molar-refractivity contribution is 0.186. The van der Waals surface area contributed by atoms with Crippen LogP contribution in [0.4, 0.5) is 0 Å². The number of hydrogen-bond donors (Lipinski definition) is 0. The van der Waals surface area contributed by atoms with Crippen molar-refractivity contribution in [3.05, 3.63) is 22.8 Å². The fraction of sp³-hybridized carbons (Fsp3) is 0.500. The topological polar surface area (TPSA) is 45.9 Å². The van der Waals surface area contributed by atoms with Crippen molar-refractivity contribution in [2.75, 3.05) is 0 Å². The molecule has 0 fully saturated rings. The van der Waals surface area contributed by atoms with E-state index in [0.29, 0.717) is 22.4 Å². The molecule has 1 heterocycles. The van der Waals surface area contributed by atoms with Crippen molar-refractivity contribution in [3.8, 4) is 11.9 Å². The van der Waals surface area contributed by atoms with Gasteiger partial charge in [0.1, 0.15) is 11.1 Å². The van der Waals surface area contributed by atoms with Gasteiger partial charge in [0.15, 0.2) is 0 Å². The summed E-state index contributed by atoms with van der Waals surface area (Å²) in [5.41, 5.74) is 0.392. The van der Waals surface area contributed by atoms with Gasteiger partial charge in [0.05, 0.1) is 11.7 Å². The van der Waals surface area contributed by atoms with Gasteiger partial charge in [0.2, 0.25) is 5.88 Å². The first-order valence-electron chi connectivity index (χ1n) is 5.25. The van der Waals surface area contributed by atoms with Gasteiger partial charge in [-0.15, -0.1) is 0 Å².